The second kappa shape index (κ2) is 5.62. The molecule has 0 spiro atoms. The standard InChI is InChI=1S/C10H11BrN2O4/c1-2-7(10(16)17)13-8-6(9(14)15)3-5(11)4-12-8/h3-4,7H,2H2,1H3,(H,12,13)(H,14,15)(H,16,17). The average Bonchev–Trinajstić information content (AvgIpc) is 2.26. The second-order valence-corrected chi connectivity index (χ2v) is 4.21. The third-order valence-electron chi connectivity index (χ3n) is 2.10. The Bertz CT molecular complexity index is 450. The molecule has 1 rings (SSSR count). The van der Waals surface area contributed by atoms with Gasteiger partial charge in [-0.05, 0) is 28.4 Å². The van der Waals surface area contributed by atoms with Crippen LogP contribution < -0.4 is 5.32 Å². The van der Waals surface area contributed by atoms with Crippen LogP contribution in [0.25, 0.3) is 0 Å². The third-order valence-corrected chi connectivity index (χ3v) is 2.54. The Labute approximate surface area is 106 Å². The summed E-state index contributed by atoms with van der Waals surface area (Å²) in [4.78, 5) is 25.7. The number of nitrogens with zero attached hydrogens (tertiary/aromatic N) is 1. The summed E-state index contributed by atoms with van der Waals surface area (Å²) < 4.78 is 0.517. The Morgan fingerprint density at radius 1 is 1.53 bits per heavy atom. The zero-order valence-corrected chi connectivity index (χ0v) is 10.6. The van der Waals surface area contributed by atoms with E-state index in [1.54, 1.807) is 6.92 Å². The molecule has 0 aromatic carbocycles. The molecular formula is C10H11BrN2O4. The molecule has 0 radical (unpaired) electrons. The summed E-state index contributed by atoms with van der Waals surface area (Å²) in [6, 6.07) is 0.508. The molecule has 0 fully saturated rings. The first kappa shape index (κ1) is 13.4. The number of anilines is 1. The molecule has 0 aliphatic heterocycles. The predicted molar refractivity (Wildman–Crippen MR) is 64.2 cm³/mol. The second-order valence-electron chi connectivity index (χ2n) is 3.30. The van der Waals surface area contributed by atoms with Gasteiger partial charge in [0.05, 0.1) is 0 Å². The van der Waals surface area contributed by atoms with Crippen molar-refractivity contribution in [2.45, 2.75) is 19.4 Å². The van der Waals surface area contributed by atoms with Gasteiger partial charge in [0.25, 0.3) is 0 Å². The number of carboxylic acids is 2. The van der Waals surface area contributed by atoms with E-state index in [0.29, 0.717) is 10.9 Å². The molecule has 1 aromatic rings. The fourth-order valence-corrected chi connectivity index (χ4v) is 1.55. The number of aromatic carboxylic acids is 1. The quantitative estimate of drug-likeness (QED) is 0.767. The molecular weight excluding hydrogens is 292 g/mol. The predicted octanol–water partition coefficient (Wildman–Crippen LogP) is 1.82. The van der Waals surface area contributed by atoms with Crippen molar-refractivity contribution in [3.8, 4) is 0 Å². The lowest BCUT2D eigenvalue weighted by Gasteiger charge is -2.14. The maximum absolute atomic E-state index is 11.0. The molecule has 92 valence electrons. The van der Waals surface area contributed by atoms with E-state index in [-0.39, 0.29) is 11.4 Å². The number of hydrogen-bond donors (Lipinski definition) is 3. The third kappa shape index (κ3) is 3.42. The molecule has 0 saturated heterocycles. The summed E-state index contributed by atoms with van der Waals surface area (Å²) in [5.41, 5.74) is -0.0703. The lowest BCUT2D eigenvalue weighted by Crippen LogP contribution is -2.29. The maximum Gasteiger partial charge on any atom is 0.339 e. The summed E-state index contributed by atoms with van der Waals surface area (Å²) in [5, 5.41) is 20.4. The van der Waals surface area contributed by atoms with Crippen molar-refractivity contribution < 1.29 is 19.8 Å². The monoisotopic (exact) mass is 302 g/mol. The molecule has 1 heterocycles. The first-order chi connectivity index (χ1) is 7.95. The molecule has 0 saturated carbocycles. The largest absolute Gasteiger partial charge is 0.480 e. The highest BCUT2D eigenvalue weighted by molar-refractivity contribution is 9.10. The number of carbonyl (C=O) groups is 2. The van der Waals surface area contributed by atoms with Crippen molar-refractivity contribution >= 4 is 33.7 Å². The number of aliphatic carboxylic acids is 1. The average molecular weight is 303 g/mol. The van der Waals surface area contributed by atoms with Crippen LogP contribution in [0, 0.1) is 0 Å². The minimum atomic E-state index is -1.17. The van der Waals surface area contributed by atoms with Gasteiger partial charge >= 0.3 is 11.9 Å². The van der Waals surface area contributed by atoms with Crippen LogP contribution in [0.5, 0.6) is 0 Å². The molecule has 17 heavy (non-hydrogen) atoms. The van der Waals surface area contributed by atoms with Crippen LogP contribution in [0.4, 0.5) is 5.82 Å². The molecule has 1 atom stereocenters. The summed E-state index contributed by atoms with van der Waals surface area (Å²) in [6.45, 7) is 1.69. The van der Waals surface area contributed by atoms with E-state index in [1.807, 2.05) is 0 Å². The van der Waals surface area contributed by atoms with Gasteiger partial charge in [-0.2, -0.15) is 0 Å². The van der Waals surface area contributed by atoms with Gasteiger partial charge in [0, 0.05) is 10.7 Å². The van der Waals surface area contributed by atoms with E-state index in [0.717, 1.165) is 0 Å². The minimum Gasteiger partial charge on any atom is -0.480 e. The Hall–Kier alpha value is -1.63. The van der Waals surface area contributed by atoms with Crippen molar-refractivity contribution in [3.63, 3.8) is 0 Å². The van der Waals surface area contributed by atoms with E-state index in [2.05, 4.69) is 26.2 Å². The van der Waals surface area contributed by atoms with E-state index in [4.69, 9.17) is 10.2 Å². The summed E-state index contributed by atoms with van der Waals surface area (Å²) in [7, 11) is 0. The van der Waals surface area contributed by atoms with Gasteiger partial charge in [0.15, 0.2) is 0 Å². The number of halogens is 1. The Morgan fingerprint density at radius 2 is 2.18 bits per heavy atom. The lowest BCUT2D eigenvalue weighted by molar-refractivity contribution is -0.137. The molecule has 0 amide bonds. The van der Waals surface area contributed by atoms with Crippen molar-refractivity contribution in [1.29, 1.82) is 0 Å². The minimum absolute atomic E-state index is 0.0509. The topological polar surface area (TPSA) is 99.5 Å². The Balaban J connectivity index is 3.05. The summed E-state index contributed by atoms with van der Waals surface area (Å²) >= 11 is 3.11. The Morgan fingerprint density at radius 3 is 2.65 bits per heavy atom. The number of nitrogens with one attached hydrogen (secondary N) is 1. The van der Waals surface area contributed by atoms with Gasteiger partial charge in [-0.15, -0.1) is 0 Å². The van der Waals surface area contributed by atoms with Crippen molar-refractivity contribution in [2.24, 2.45) is 0 Å². The van der Waals surface area contributed by atoms with Gasteiger partial charge in [0.2, 0.25) is 0 Å². The highest BCUT2D eigenvalue weighted by Gasteiger charge is 2.19. The summed E-state index contributed by atoms with van der Waals surface area (Å²) in [6.07, 6.45) is 1.73. The highest BCUT2D eigenvalue weighted by atomic mass is 79.9. The van der Waals surface area contributed by atoms with Crippen LogP contribution >= 0.6 is 15.9 Å². The van der Waals surface area contributed by atoms with Crippen molar-refractivity contribution in [1.82, 2.24) is 4.98 Å². The van der Waals surface area contributed by atoms with Crippen molar-refractivity contribution in [2.75, 3.05) is 5.32 Å². The van der Waals surface area contributed by atoms with Gasteiger partial charge in [-0.25, -0.2) is 14.6 Å². The molecule has 1 aromatic heterocycles. The molecule has 0 bridgehead atoms. The highest BCUT2D eigenvalue weighted by Crippen LogP contribution is 2.19. The van der Waals surface area contributed by atoms with E-state index >= 15 is 0 Å². The van der Waals surface area contributed by atoms with E-state index in [1.165, 1.54) is 12.3 Å². The van der Waals surface area contributed by atoms with Crippen LogP contribution in [0.2, 0.25) is 0 Å². The van der Waals surface area contributed by atoms with Crippen molar-refractivity contribution in [3.05, 3.63) is 22.3 Å². The van der Waals surface area contributed by atoms with Crippen LogP contribution in [-0.2, 0) is 4.79 Å². The van der Waals surface area contributed by atoms with Gasteiger partial charge in [-0.3, -0.25) is 0 Å². The molecule has 3 N–H and O–H groups in total. The fraction of sp³-hybridized carbons (Fsp3) is 0.300. The lowest BCUT2D eigenvalue weighted by atomic mass is 10.2. The summed E-state index contributed by atoms with van der Waals surface area (Å²) in [5.74, 6) is -2.16. The van der Waals surface area contributed by atoms with Gasteiger partial charge in [0.1, 0.15) is 17.4 Å². The number of hydrogen-bond acceptors (Lipinski definition) is 4. The molecule has 0 aliphatic rings. The maximum atomic E-state index is 11.0. The van der Waals surface area contributed by atoms with Crippen LogP contribution in [0.1, 0.15) is 23.7 Å². The first-order valence-electron chi connectivity index (χ1n) is 4.83. The van der Waals surface area contributed by atoms with E-state index < -0.39 is 18.0 Å². The van der Waals surface area contributed by atoms with Crippen LogP contribution in [-0.4, -0.2) is 33.2 Å². The smallest absolute Gasteiger partial charge is 0.339 e. The molecule has 6 nitrogen and oxygen atoms in total. The van der Waals surface area contributed by atoms with E-state index in [9.17, 15) is 9.59 Å². The van der Waals surface area contributed by atoms with Gasteiger partial charge in [-0.1, -0.05) is 6.92 Å². The fourth-order valence-electron chi connectivity index (χ4n) is 1.22. The zero-order valence-electron chi connectivity index (χ0n) is 8.98. The first-order valence-corrected chi connectivity index (χ1v) is 5.63. The zero-order chi connectivity index (χ0) is 13.0. The molecule has 1 unspecified atom stereocenters. The number of carboxylic acid groups (broad SMARTS) is 2. The molecule has 7 heteroatoms. The van der Waals surface area contributed by atoms with Gasteiger partial charge < -0.3 is 15.5 Å². The number of rotatable bonds is 5. The van der Waals surface area contributed by atoms with Crippen LogP contribution in [0.15, 0.2) is 16.7 Å². The van der Waals surface area contributed by atoms with Crippen LogP contribution in [0.3, 0.4) is 0 Å². The number of pyridine rings is 1. The normalized spacial score (nSPS) is 11.9. The number of aromatic nitrogens is 1. The molecule has 0 aliphatic carbocycles. The SMILES string of the molecule is CCC(Nc1ncc(Br)cc1C(=O)O)C(=O)O. The Kier molecular flexibility index (Phi) is 4.45.